The lowest BCUT2D eigenvalue weighted by Gasteiger charge is -2.04. The van der Waals surface area contributed by atoms with E-state index in [4.69, 9.17) is 0 Å². The Morgan fingerprint density at radius 3 is 2.70 bits per heavy atom. The summed E-state index contributed by atoms with van der Waals surface area (Å²) in [5.41, 5.74) is 0.542. The van der Waals surface area contributed by atoms with Crippen molar-refractivity contribution in [3.8, 4) is 11.5 Å². The monoisotopic (exact) mass is 346 g/mol. The van der Waals surface area contributed by atoms with Crippen molar-refractivity contribution in [2.45, 2.75) is 18.5 Å². The van der Waals surface area contributed by atoms with Crippen LogP contribution in [0.3, 0.4) is 0 Å². The molecular weight excluding hydrogens is 334 g/mol. The summed E-state index contributed by atoms with van der Waals surface area (Å²) < 4.78 is 58.5. The van der Waals surface area contributed by atoms with Crippen LogP contribution in [0.5, 0.6) is 11.5 Å². The number of aromatic nitrogens is 4. The Morgan fingerprint density at radius 2 is 2.00 bits per heavy atom. The molecule has 0 N–H and O–H groups in total. The number of nitrogens with zero attached hydrogens (tertiary/aromatic N) is 4. The van der Waals surface area contributed by atoms with Gasteiger partial charge in [-0.1, -0.05) is 6.07 Å². The van der Waals surface area contributed by atoms with E-state index in [-0.39, 0.29) is 35.2 Å². The molecule has 8 nitrogen and oxygen atoms in total. The summed E-state index contributed by atoms with van der Waals surface area (Å²) in [6.45, 7) is 0. The largest absolute Gasteiger partial charge is 0.586 e. The zero-order valence-corrected chi connectivity index (χ0v) is 12.8. The third-order valence-electron chi connectivity index (χ3n) is 3.07. The fraction of sp³-hybridized carbons (Fsp3) is 0.417. The van der Waals surface area contributed by atoms with Crippen molar-refractivity contribution in [1.82, 2.24) is 20.2 Å². The molecule has 0 atom stereocenters. The molecule has 0 aliphatic carbocycles. The third kappa shape index (κ3) is 3.73. The van der Waals surface area contributed by atoms with Gasteiger partial charge in [-0.05, 0) is 29.3 Å². The number of benzene rings is 1. The van der Waals surface area contributed by atoms with Crippen molar-refractivity contribution in [2.75, 3.05) is 5.75 Å². The number of tetrazole rings is 1. The van der Waals surface area contributed by atoms with Crippen LogP contribution < -0.4 is 9.47 Å². The number of rotatable bonds is 5. The van der Waals surface area contributed by atoms with Crippen LogP contribution >= 0.6 is 0 Å². The second-order valence-corrected chi connectivity index (χ2v) is 7.17. The second kappa shape index (κ2) is 5.41. The molecule has 23 heavy (non-hydrogen) atoms. The zero-order valence-electron chi connectivity index (χ0n) is 11.9. The van der Waals surface area contributed by atoms with Crippen LogP contribution in [0.15, 0.2) is 18.2 Å². The zero-order chi connectivity index (χ0) is 16.7. The molecule has 0 fully saturated rings. The summed E-state index contributed by atoms with van der Waals surface area (Å²) in [6, 6.07) is 4.18. The van der Waals surface area contributed by atoms with Crippen molar-refractivity contribution in [2.24, 2.45) is 7.05 Å². The van der Waals surface area contributed by atoms with Crippen molar-refractivity contribution in [3.63, 3.8) is 0 Å². The molecular formula is C12H12F2N4O4S. The number of ether oxygens (including phenoxy) is 2. The number of alkyl halides is 2. The summed E-state index contributed by atoms with van der Waals surface area (Å²) >= 11 is 0. The molecule has 1 aromatic heterocycles. The maximum absolute atomic E-state index is 12.9. The van der Waals surface area contributed by atoms with Gasteiger partial charge in [0.15, 0.2) is 27.2 Å². The van der Waals surface area contributed by atoms with E-state index in [0.29, 0.717) is 5.56 Å². The Balaban J connectivity index is 1.65. The van der Waals surface area contributed by atoms with Gasteiger partial charge in [0.05, 0.1) is 12.8 Å². The number of fused-ring (bicyclic) bond motifs is 1. The first-order valence-electron chi connectivity index (χ1n) is 6.54. The number of hydrogen-bond donors (Lipinski definition) is 0. The number of aryl methyl sites for hydroxylation is 2. The molecule has 1 aliphatic rings. The van der Waals surface area contributed by atoms with Crippen LogP contribution in [0.4, 0.5) is 8.78 Å². The van der Waals surface area contributed by atoms with Crippen LogP contribution in [-0.2, 0) is 29.1 Å². The highest BCUT2D eigenvalue weighted by Gasteiger charge is 2.43. The van der Waals surface area contributed by atoms with Crippen LogP contribution in [0.2, 0.25) is 0 Å². The van der Waals surface area contributed by atoms with Crippen molar-refractivity contribution >= 4 is 9.84 Å². The normalized spacial score (nSPS) is 15.8. The molecule has 0 radical (unpaired) electrons. The molecule has 0 bridgehead atoms. The summed E-state index contributed by atoms with van der Waals surface area (Å²) in [4.78, 5) is 1.17. The SMILES string of the molecule is Cn1nnc(CS(=O)(=O)CCc2ccc3c(c2)OC(F)(F)O3)n1. The van der Waals surface area contributed by atoms with Gasteiger partial charge in [-0.2, -0.15) is 4.80 Å². The quantitative estimate of drug-likeness (QED) is 0.786. The van der Waals surface area contributed by atoms with E-state index in [9.17, 15) is 17.2 Å². The standard InChI is InChI=1S/C12H12F2N4O4S/c1-18-16-11(15-17-18)7-23(19,20)5-4-8-2-3-9-10(6-8)22-12(13,14)21-9/h2-3,6H,4-5,7H2,1H3. The summed E-state index contributed by atoms with van der Waals surface area (Å²) in [5, 5.41) is 11.0. The van der Waals surface area contributed by atoms with Gasteiger partial charge in [0.2, 0.25) is 0 Å². The molecule has 11 heteroatoms. The molecule has 3 rings (SSSR count). The maximum Gasteiger partial charge on any atom is 0.586 e. The Kier molecular flexibility index (Phi) is 3.66. The van der Waals surface area contributed by atoms with Gasteiger partial charge in [0.25, 0.3) is 0 Å². The molecule has 0 saturated carbocycles. The summed E-state index contributed by atoms with van der Waals surface area (Å²) in [7, 11) is -1.92. The predicted molar refractivity (Wildman–Crippen MR) is 72.6 cm³/mol. The first kappa shape index (κ1) is 15.6. The van der Waals surface area contributed by atoms with Crippen molar-refractivity contribution in [1.29, 1.82) is 0 Å². The average molecular weight is 346 g/mol. The molecule has 2 heterocycles. The van der Waals surface area contributed by atoms with E-state index in [1.165, 1.54) is 30.0 Å². The molecule has 0 unspecified atom stereocenters. The Morgan fingerprint density at radius 1 is 1.26 bits per heavy atom. The lowest BCUT2D eigenvalue weighted by atomic mass is 10.1. The summed E-state index contributed by atoms with van der Waals surface area (Å²) in [6.07, 6.45) is -3.55. The van der Waals surface area contributed by atoms with E-state index in [1.54, 1.807) is 0 Å². The van der Waals surface area contributed by atoms with Gasteiger partial charge in [-0.15, -0.1) is 19.0 Å². The van der Waals surface area contributed by atoms with Crippen LogP contribution in [0.25, 0.3) is 0 Å². The van der Waals surface area contributed by atoms with Crippen LogP contribution in [0.1, 0.15) is 11.4 Å². The fourth-order valence-corrected chi connectivity index (χ4v) is 3.27. The number of hydrogen-bond acceptors (Lipinski definition) is 7. The Labute approximate surface area is 129 Å². The van der Waals surface area contributed by atoms with Crippen LogP contribution in [0, 0.1) is 0 Å². The van der Waals surface area contributed by atoms with Crippen LogP contribution in [-0.4, -0.2) is 40.7 Å². The van der Waals surface area contributed by atoms with Crippen molar-refractivity contribution in [3.05, 3.63) is 29.6 Å². The fourth-order valence-electron chi connectivity index (χ4n) is 2.07. The maximum atomic E-state index is 12.9. The highest BCUT2D eigenvalue weighted by atomic mass is 32.2. The molecule has 0 amide bonds. The molecule has 0 spiro atoms. The smallest absolute Gasteiger partial charge is 0.395 e. The topological polar surface area (TPSA) is 96.2 Å². The predicted octanol–water partition coefficient (Wildman–Crippen LogP) is 0.689. The number of halogens is 2. The van der Waals surface area contributed by atoms with E-state index in [1.807, 2.05) is 0 Å². The van der Waals surface area contributed by atoms with E-state index >= 15 is 0 Å². The Bertz CT molecular complexity index is 837. The number of sulfone groups is 1. The van der Waals surface area contributed by atoms with Gasteiger partial charge >= 0.3 is 6.29 Å². The third-order valence-corrected chi connectivity index (χ3v) is 4.59. The minimum atomic E-state index is -3.69. The highest BCUT2D eigenvalue weighted by molar-refractivity contribution is 7.90. The van der Waals surface area contributed by atoms with Gasteiger partial charge < -0.3 is 9.47 Å². The minimum absolute atomic E-state index is 0.0784. The second-order valence-electron chi connectivity index (χ2n) is 4.99. The summed E-state index contributed by atoms with van der Waals surface area (Å²) in [5.74, 6) is -0.589. The van der Waals surface area contributed by atoms with E-state index in [0.717, 1.165) is 0 Å². The lowest BCUT2D eigenvalue weighted by molar-refractivity contribution is -0.286. The van der Waals surface area contributed by atoms with E-state index in [2.05, 4.69) is 24.9 Å². The van der Waals surface area contributed by atoms with E-state index < -0.39 is 16.1 Å². The highest BCUT2D eigenvalue weighted by Crippen LogP contribution is 2.41. The molecule has 0 saturated heterocycles. The molecule has 1 aliphatic heterocycles. The lowest BCUT2D eigenvalue weighted by Crippen LogP contribution is -2.25. The molecule has 2 aromatic rings. The average Bonchev–Trinajstić information content (AvgIpc) is 2.96. The first-order chi connectivity index (χ1) is 10.7. The Hall–Kier alpha value is -2.30. The van der Waals surface area contributed by atoms with Gasteiger partial charge in [0.1, 0.15) is 5.75 Å². The van der Waals surface area contributed by atoms with Gasteiger partial charge in [-0.3, -0.25) is 0 Å². The minimum Gasteiger partial charge on any atom is -0.395 e. The molecule has 124 valence electrons. The first-order valence-corrected chi connectivity index (χ1v) is 8.37. The van der Waals surface area contributed by atoms with Crippen molar-refractivity contribution < 1.29 is 26.7 Å². The van der Waals surface area contributed by atoms with Gasteiger partial charge in [0, 0.05) is 0 Å². The van der Waals surface area contributed by atoms with Gasteiger partial charge in [-0.25, -0.2) is 8.42 Å². The molecule has 1 aromatic carbocycles.